The number of amides is 1. The lowest BCUT2D eigenvalue weighted by molar-refractivity contribution is -0.115. The maximum atomic E-state index is 12.7. The summed E-state index contributed by atoms with van der Waals surface area (Å²) in [5, 5.41) is 11.9. The molecular weight excluding hydrogens is 464 g/mol. The van der Waals surface area contributed by atoms with Gasteiger partial charge in [-0.25, -0.2) is 0 Å². The maximum absolute atomic E-state index is 12.7. The third-order valence-electron chi connectivity index (χ3n) is 4.39. The number of furan rings is 1. The Morgan fingerprint density at radius 1 is 1.13 bits per heavy atom. The first-order chi connectivity index (χ1) is 14.6. The lowest BCUT2D eigenvalue weighted by atomic mass is 10.2. The van der Waals surface area contributed by atoms with Crippen LogP contribution in [0.25, 0.3) is 11.6 Å². The van der Waals surface area contributed by atoms with Crippen molar-refractivity contribution in [3.05, 3.63) is 83.0 Å². The molecule has 6 nitrogen and oxygen atoms in total. The van der Waals surface area contributed by atoms with Crippen LogP contribution >= 0.6 is 27.7 Å². The summed E-state index contributed by atoms with van der Waals surface area (Å²) in [4.78, 5) is 12.7. The number of halogens is 1. The van der Waals surface area contributed by atoms with Crippen molar-refractivity contribution in [2.45, 2.75) is 23.9 Å². The molecule has 1 amide bonds. The average molecular weight is 483 g/mol. The Bertz CT molecular complexity index is 1130. The van der Waals surface area contributed by atoms with E-state index in [1.54, 1.807) is 6.26 Å². The van der Waals surface area contributed by atoms with Crippen LogP contribution in [-0.4, -0.2) is 25.9 Å². The molecule has 4 aromatic rings. The van der Waals surface area contributed by atoms with Crippen LogP contribution in [0.1, 0.15) is 12.5 Å². The lowest BCUT2D eigenvalue weighted by Crippen LogP contribution is -2.23. The molecule has 0 saturated heterocycles. The quantitative estimate of drug-likeness (QED) is 0.353. The molecule has 2 aromatic heterocycles. The number of nitrogens with one attached hydrogen (secondary N) is 1. The minimum Gasteiger partial charge on any atom is -0.461 e. The highest BCUT2D eigenvalue weighted by molar-refractivity contribution is 9.10. The second kappa shape index (κ2) is 9.32. The summed E-state index contributed by atoms with van der Waals surface area (Å²) in [6.45, 7) is 2.43. The number of thioether (sulfide) groups is 1. The molecule has 8 heteroatoms. The zero-order chi connectivity index (χ0) is 20.9. The molecule has 1 atom stereocenters. The van der Waals surface area contributed by atoms with Crippen molar-refractivity contribution in [1.82, 2.24) is 14.8 Å². The molecule has 152 valence electrons. The molecule has 2 aromatic carbocycles. The van der Waals surface area contributed by atoms with Crippen molar-refractivity contribution >= 4 is 39.3 Å². The van der Waals surface area contributed by atoms with Crippen molar-refractivity contribution in [2.75, 3.05) is 5.32 Å². The van der Waals surface area contributed by atoms with E-state index in [-0.39, 0.29) is 11.2 Å². The summed E-state index contributed by atoms with van der Waals surface area (Å²) >= 11 is 4.78. The Labute approximate surface area is 186 Å². The zero-order valence-corrected chi connectivity index (χ0v) is 18.6. The topological polar surface area (TPSA) is 73.0 Å². The molecule has 0 saturated carbocycles. The number of carbonyl (C=O) groups is 1. The van der Waals surface area contributed by atoms with Crippen molar-refractivity contribution in [2.24, 2.45) is 0 Å². The highest BCUT2D eigenvalue weighted by Gasteiger charge is 2.22. The van der Waals surface area contributed by atoms with Gasteiger partial charge in [-0.2, -0.15) is 0 Å². The van der Waals surface area contributed by atoms with Gasteiger partial charge in [0.15, 0.2) is 10.9 Å². The molecule has 0 aliphatic rings. The highest BCUT2D eigenvalue weighted by Crippen LogP contribution is 2.28. The predicted octanol–water partition coefficient (Wildman–Crippen LogP) is 5.47. The van der Waals surface area contributed by atoms with Gasteiger partial charge >= 0.3 is 0 Å². The third kappa shape index (κ3) is 4.83. The first-order valence-electron chi connectivity index (χ1n) is 9.34. The van der Waals surface area contributed by atoms with E-state index in [2.05, 4.69) is 31.4 Å². The van der Waals surface area contributed by atoms with Gasteiger partial charge in [0.25, 0.3) is 0 Å². The second-order valence-electron chi connectivity index (χ2n) is 6.61. The van der Waals surface area contributed by atoms with E-state index in [1.165, 1.54) is 11.8 Å². The van der Waals surface area contributed by atoms with Crippen molar-refractivity contribution in [1.29, 1.82) is 0 Å². The van der Waals surface area contributed by atoms with Crippen molar-refractivity contribution < 1.29 is 9.21 Å². The number of carbonyl (C=O) groups excluding carboxylic acids is 1. The predicted molar refractivity (Wildman–Crippen MR) is 121 cm³/mol. The Morgan fingerprint density at radius 3 is 2.70 bits per heavy atom. The van der Waals surface area contributed by atoms with Crippen LogP contribution in [0.5, 0.6) is 0 Å². The van der Waals surface area contributed by atoms with Gasteiger partial charge in [0, 0.05) is 10.2 Å². The largest absolute Gasteiger partial charge is 0.461 e. The van der Waals surface area contributed by atoms with Crippen LogP contribution in [0, 0.1) is 0 Å². The van der Waals surface area contributed by atoms with Crippen LogP contribution in [0.3, 0.4) is 0 Å². The van der Waals surface area contributed by atoms with Gasteiger partial charge in [-0.3, -0.25) is 9.36 Å². The second-order valence-corrected chi connectivity index (χ2v) is 8.84. The average Bonchev–Trinajstić information content (AvgIpc) is 3.39. The van der Waals surface area contributed by atoms with Gasteiger partial charge in [0.05, 0.1) is 18.1 Å². The Morgan fingerprint density at radius 2 is 1.97 bits per heavy atom. The fourth-order valence-corrected chi connectivity index (χ4v) is 4.14. The number of hydrogen-bond donors (Lipinski definition) is 1. The molecule has 30 heavy (non-hydrogen) atoms. The van der Waals surface area contributed by atoms with E-state index >= 15 is 0 Å². The fourth-order valence-electron chi connectivity index (χ4n) is 2.89. The molecule has 0 aliphatic heterocycles. The van der Waals surface area contributed by atoms with E-state index in [1.807, 2.05) is 78.2 Å². The standard InChI is InChI=1S/C22H19BrN4O2S/c1-15(21(28)24-18-10-5-9-17(23)13-18)30-22-26-25-20(19-11-6-12-29-19)27(22)14-16-7-3-2-4-8-16/h2-13,15H,14H2,1H3,(H,24,28). The summed E-state index contributed by atoms with van der Waals surface area (Å²) in [5.74, 6) is 1.16. The van der Waals surface area contributed by atoms with Crippen molar-refractivity contribution in [3.63, 3.8) is 0 Å². The molecule has 0 fully saturated rings. The summed E-state index contributed by atoms with van der Waals surface area (Å²) in [6.07, 6.45) is 1.61. The minimum absolute atomic E-state index is 0.105. The van der Waals surface area contributed by atoms with E-state index < -0.39 is 0 Å². The van der Waals surface area contributed by atoms with E-state index in [9.17, 15) is 4.79 Å². The van der Waals surface area contributed by atoms with Gasteiger partial charge in [-0.05, 0) is 42.8 Å². The van der Waals surface area contributed by atoms with Crippen LogP contribution < -0.4 is 5.32 Å². The highest BCUT2D eigenvalue weighted by atomic mass is 79.9. The third-order valence-corrected chi connectivity index (χ3v) is 5.96. The fraction of sp³-hybridized carbons (Fsp3) is 0.136. The molecule has 1 unspecified atom stereocenters. The molecule has 0 spiro atoms. The molecule has 0 bridgehead atoms. The molecule has 0 aliphatic carbocycles. The number of rotatable bonds is 7. The number of anilines is 1. The summed E-state index contributed by atoms with van der Waals surface area (Å²) < 4.78 is 8.42. The Balaban J connectivity index is 1.56. The maximum Gasteiger partial charge on any atom is 0.237 e. The van der Waals surface area contributed by atoms with E-state index in [4.69, 9.17) is 4.42 Å². The van der Waals surface area contributed by atoms with Crippen LogP contribution in [0.15, 0.2) is 87.0 Å². The molecular formula is C22H19BrN4O2S. The van der Waals surface area contributed by atoms with Gasteiger partial charge in [-0.15, -0.1) is 10.2 Å². The van der Waals surface area contributed by atoms with Crippen LogP contribution in [0.4, 0.5) is 5.69 Å². The molecule has 1 N–H and O–H groups in total. The van der Waals surface area contributed by atoms with Gasteiger partial charge in [-0.1, -0.05) is 64.1 Å². The smallest absolute Gasteiger partial charge is 0.237 e. The van der Waals surface area contributed by atoms with E-state index in [0.717, 1.165) is 15.7 Å². The summed E-state index contributed by atoms with van der Waals surface area (Å²) in [6, 6.07) is 21.2. The number of aromatic nitrogens is 3. The molecule has 2 heterocycles. The Kier molecular flexibility index (Phi) is 6.35. The number of hydrogen-bond acceptors (Lipinski definition) is 5. The van der Waals surface area contributed by atoms with Gasteiger partial charge in [0.2, 0.25) is 11.7 Å². The normalized spacial score (nSPS) is 11.9. The first-order valence-corrected chi connectivity index (χ1v) is 11.0. The summed E-state index contributed by atoms with van der Waals surface area (Å²) in [5.41, 5.74) is 1.85. The van der Waals surface area contributed by atoms with Gasteiger partial charge in [0.1, 0.15) is 0 Å². The first kappa shape index (κ1) is 20.4. The number of benzene rings is 2. The zero-order valence-electron chi connectivity index (χ0n) is 16.2. The SMILES string of the molecule is CC(Sc1nnc(-c2ccco2)n1Cc1ccccc1)C(=O)Nc1cccc(Br)c1. The lowest BCUT2D eigenvalue weighted by Gasteiger charge is -2.14. The monoisotopic (exact) mass is 482 g/mol. The minimum atomic E-state index is -0.368. The number of nitrogens with zero attached hydrogens (tertiary/aromatic N) is 3. The van der Waals surface area contributed by atoms with Gasteiger partial charge < -0.3 is 9.73 Å². The van der Waals surface area contributed by atoms with Crippen LogP contribution in [0.2, 0.25) is 0 Å². The van der Waals surface area contributed by atoms with Crippen molar-refractivity contribution in [3.8, 4) is 11.6 Å². The summed E-state index contributed by atoms with van der Waals surface area (Å²) in [7, 11) is 0. The molecule has 0 radical (unpaired) electrons. The van der Waals surface area contributed by atoms with E-state index in [0.29, 0.717) is 23.3 Å². The Hall–Kier alpha value is -2.84. The van der Waals surface area contributed by atoms with Crippen LogP contribution in [-0.2, 0) is 11.3 Å². The molecule has 4 rings (SSSR count).